The van der Waals surface area contributed by atoms with Crippen molar-refractivity contribution in [2.45, 2.75) is 6.92 Å². The Balaban J connectivity index is 1.89. The quantitative estimate of drug-likeness (QED) is 0.751. The summed E-state index contributed by atoms with van der Waals surface area (Å²) >= 11 is 0. The summed E-state index contributed by atoms with van der Waals surface area (Å²) in [5.74, 6) is 1.99. The molecule has 1 aromatic carbocycles. The van der Waals surface area contributed by atoms with Crippen molar-refractivity contribution in [3.8, 4) is 11.6 Å². The third-order valence-electron chi connectivity index (χ3n) is 2.93. The van der Waals surface area contributed by atoms with E-state index in [4.69, 9.17) is 10.5 Å². The van der Waals surface area contributed by atoms with Crippen LogP contribution in [0.5, 0.6) is 5.75 Å². The predicted octanol–water partition coefficient (Wildman–Crippen LogP) is 2.39. The van der Waals surface area contributed by atoms with E-state index in [1.54, 1.807) is 6.20 Å². The number of anilines is 3. The van der Waals surface area contributed by atoms with E-state index in [9.17, 15) is 0 Å². The Morgan fingerprint density at radius 3 is 2.77 bits per heavy atom. The van der Waals surface area contributed by atoms with E-state index in [2.05, 4.69) is 20.4 Å². The number of hydrogen-bond donors (Lipinski definition) is 2. The van der Waals surface area contributed by atoms with Gasteiger partial charge >= 0.3 is 0 Å². The van der Waals surface area contributed by atoms with E-state index in [0.717, 1.165) is 11.4 Å². The molecule has 0 bridgehead atoms. The lowest BCUT2D eigenvalue weighted by molar-refractivity contribution is 0.342. The second-order valence-electron chi connectivity index (χ2n) is 4.45. The molecule has 0 aliphatic heterocycles. The fourth-order valence-corrected chi connectivity index (χ4v) is 2.00. The Hall–Kier alpha value is -3.09. The van der Waals surface area contributed by atoms with Crippen LogP contribution in [0.1, 0.15) is 6.92 Å². The van der Waals surface area contributed by atoms with Crippen molar-refractivity contribution in [1.29, 1.82) is 0 Å². The molecule has 0 unspecified atom stereocenters. The van der Waals surface area contributed by atoms with E-state index in [1.807, 2.05) is 49.4 Å². The molecule has 2 aromatic heterocycles. The summed E-state index contributed by atoms with van der Waals surface area (Å²) < 4.78 is 7.04. The molecule has 3 aromatic rings. The van der Waals surface area contributed by atoms with Crippen LogP contribution in [0.15, 0.2) is 48.7 Å². The molecule has 7 nitrogen and oxygen atoms in total. The predicted molar refractivity (Wildman–Crippen MR) is 84.5 cm³/mol. The summed E-state index contributed by atoms with van der Waals surface area (Å²) in [4.78, 5) is 8.41. The average Bonchev–Trinajstić information content (AvgIpc) is 2.91. The Labute approximate surface area is 127 Å². The molecule has 112 valence electrons. The molecular formula is C15H16N6O. The zero-order valence-electron chi connectivity index (χ0n) is 12.1. The average molecular weight is 296 g/mol. The van der Waals surface area contributed by atoms with E-state index in [1.165, 1.54) is 4.68 Å². The van der Waals surface area contributed by atoms with Gasteiger partial charge in [0.1, 0.15) is 5.75 Å². The zero-order valence-corrected chi connectivity index (χ0v) is 12.1. The largest absolute Gasteiger partial charge is 0.492 e. The van der Waals surface area contributed by atoms with Crippen LogP contribution in [-0.4, -0.2) is 26.4 Å². The van der Waals surface area contributed by atoms with Crippen LogP contribution in [-0.2, 0) is 0 Å². The SMILES string of the molecule is CCOc1ccccc1Nc1nc(N)n(-c2ccccn2)n1. The van der Waals surface area contributed by atoms with E-state index in [0.29, 0.717) is 18.4 Å². The maximum Gasteiger partial charge on any atom is 0.249 e. The zero-order chi connectivity index (χ0) is 15.4. The highest BCUT2D eigenvalue weighted by molar-refractivity contribution is 5.62. The topological polar surface area (TPSA) is 90.9 Å². The van der Waals surface area contributed by atoms with Crippen molar-refractivity contribution < 1.29 is 4.74 Å². The van der Waals surface area contributed by atoms with E-state index < -0.39 is 0 Å². The molecule has 0 saturated carbocycles. The smallest absolute Gasteiger partial charge is 0.249 e. The minimum atomic E-state index is 0.259. The van der Waals surface area contributed by atoms with Crippen LogP contribution in [0.25, 0.3) is 5.82 Å². The lowest BCUT2D eigenvalue weighted by atomic mass is 10.3. The fraction of sp³-hybridized carbons (Fsp3) is 0.133. The first-order valence-corrected chi connectivity index (χ1v) is 6.90. The summed E-state index contributed by atoms with van der Waals surface area (Å²) in [5.41, 5.74) is 6.68. The van der Waals surface area contributed by atoms with Crippen LogP contribution in [0.2, 0.25) is 0 Å². The molecule has 0 aliphatic carbocycles. The third-order valence-corrected chi connectivity index (χ3v) is 2.93. The molecule has 0 amide bonds. The minimum Gasteiger partial charge on any atom is -0.492 e. The number of nitrogen functional groups attached to an aromatic ring is 1. The van der Waals surface area contributed by atoms with Crippen molar-refractivity contribution in [2.75, 3.05) is 17.7 Å². The molecular weight excluding hydrogens is 280 g/mol. The van der Waals surface area contributed by atoms with Gasteiger partial charge < -0.3 is 15.8 Å². The van der Waals surface area contributed by atoms with Gasteiger partial charge in [-0.1, -0.05) is 18.2 Å². The maximum atomic E-state index is 5.90. The Kier molecular flexibility index (Phi) is 3.86. The minimum absolute atomic E-state index is 0.259. The highest BCUT2D eigenvalue weighted by Gasteiger charge is 2.11. The number of para-hydroxylation sites is 2. The summed E-state index contributed by atoms with van der Waals surface area (Å²) in [6.45, 7) is 2.51. The number of benzene rings is 1. The lowest BCUT2D eigenvalue weighted by Gasteiger charge is -2.09. The standard InChI is InChI=1S/C15H16N6O/c1-2-22-12-8-4-3-7-11(12)18-15-19-14(16)21(20-15)13-9-5-6-10-17-13/h3-10H,2H2,1H3,(H3,16,18,19,20). The van der Waals surface area contributed by atoms with Gasteiger partial charge in [0.15, 0.2) is 5.82 Å². The van der Waals surface area contributed by atoms with Crippen molar-refractivity contribution in [1.82, 2.24) is 19.7 Å². The molecule has 22 heavy (non-hydrogen) atoms. The molecule has 3 rings (SSSR count). The summed E-state index contributed by atoms with van der Waals surface area (Å²) in [5, 5.41) is 7.44. The van der Waals surface area contributed by atoms with Gasteiger partial charge in [-0.3, -0.25) is 0 Å². The van der Waals surface area contributed by atoms with Gasteiger partial charge in [0.25, 0.3) is 0 Å². The van der Waals surface area contributed by atoms with Crippen LogP contribution in [0.4, 0.5) is 17.6 Å². The molecule has 0 spiro atoms. The monoisotopic (exact) mass is 296 g/mol. The Morgan fingerprint density at radius 1 is 1.18 bits per heavy atom. The summed E-state index contributed by atoms with van der Waals surface area (Å²) in [6.07, 6.45) is 1.67. The Morgan fingerprint density at radius 2 is 2.00 bits per heavy atom. The third kappa shape index (κ3) is 2.83. The first-order chi connectivity index (χ1) is 10.8. The van der Waals surface area contributed by atoms with Crippen molar-refractivity contribution in [3.05, 3.63) is 48.7 Å². The van der Waals surface area contributed by atoms with Gasteiger partial charge in [0.05, 0.1) is 12.3 Å². The van der Waals surface area contributed by atoms with E-state index in [-0.39, 0.29) is 5.95 Å². The normalized spacial score (nSPS) is 10.4. The summed E-state index contributed by atoms with van der Waals surface area (Å²) in [7, 11) is 0. The molecule has 0 aliphatic rings. The highest BCUT2D eigenvalue weighted by atomic mass is 16.5. The first kappa shape index (κ1) is 13.9. The van der Waals surface area contributed by atoms with E-state index >= 15 is 0 Å². The first-order valence-electron chi connectivity index (χ1n) is 6.90. The maximum absolute atomic E-state index is 5.90. The second kappa shape index (κ2) is 6.13. The molecule has 0 saturated heterocycles. The second-order valence-corrected chi connectivity index (χ2v) is 4.45. The van der Waals surface area contributed by atoms with Gasteiger partial charge in [-0.2, -0.15) is 9.67 Å². The number of rotatable bonds is 5. The highest BCUT2D eigenvalue weighted by Crippen LogP contribution is 2.26. The number of pyridine rings is 1. The molecule has 7 heteroatoms. The number of ether oxygens (including phenoxy) is 1. The van der Waals surface area contributed by atoms with Crippen molar-refractivity contribution in [3.63, 3.8) is 0 Å². The lowest BCUT2D eigenvalue weighted by Crippen LogP contribution is -2.04. The van der Waals surface area contributed by atoms with Gasteiger partial charge in [-0.25, -0.2) is 4.98 Å². The van der Waals surface area contributed by atoms with Gasteiger partial charge in [0, 0.05) is 6.20 Å². The number of hydrogen-bond acceptors (Lipinski definition) is 6. The molecule has 0 fully saturated rings. The van der Waals surface area contributed by atoms with Crippen LogP contribution < -0.4 is 15.8 Å². The Bertz CT molecular complexity index is 756. The molecule has 2 heterocycles. The van der Waals surface area contributed by atoms with Gasteiger partial charge in [-0.15, -0.1) is 5.10 Å². The van der Waals surface area contributed by atoms with Gasteiger partial charge in [-0.05, 0) is 31.2 Å². The number of nitrogens with zero attached hydrogens (tertiary/aromatic N) is 4. The molecule has 0 radical (unpaired) electrons. The van der Waals surface area contributed by atoms with Crippen molar-refractivity contribution >= 4 is 17.6 Å². The van der Waals surface area contributed by atoms with Gasteiger partial charge in [0.2, 0.25) is 11.9 Å². The van der Waals surface area contributed by atoms with Crippen LogP contribution in [0, 0.1) is 0 Å². The molecule has 3 N–H and O–H groups in total. The van der Waals surface area contributed by atoms with Crippen LogP contribution in [0.3, 0.4) is 0 Å². The number of nitrogens with one attached hydrogen (secondary N) is 1. The molecule has 0 atom stereocenters. The van der Waals surface area contributed by atoms with Crippen molar-refractivity contribution in [2.24, 2.45) is 0 Å². The number of aromatic nitrogens is 4. The fourth-order valence-electron chi connectivity index (χ4n) is 2.00. The summed E-state index contributed by atoms with van der Waals surface area (Å²) in [6, 6.07) is 13.1. The number of nitrogens with two attached hydrogens (primary N) is 1. The van der Waals surface area contributed by atoms with Crippen LogP contribution >= 0.6 is 0 Å².